The third-order valence-electron chi connectivity index (χ3n) is 6.64. The zero-order chi connectivity index (χ0) is 25.7. The Morgan fingerprint density at radius 2 is 1.77 bits per heavy atom. The number of hydrogen-bond acceptors (Lipinski definition) is 4. The van der Waals surface area contributed by atoms with Gasteiger partial charge in [-0.15, -0.1) is 0 Å². The molecule has 2 amide bonds. The van der Waals surface area contributed by atoms with Crippen molar-refractivity contribution in [1.82, 2.24) is 14.5 Å². The fraction of sp³-hybridized carbons (Fsp3) is 0.417. The van der Waals surface area contributed by atoms with E-state index < -0.39 is 39.8 Å². The Hall–Kier alpha value is -2.92. The number of fused-ring (bicyclic) bond motifs is 1. The minimum absolute atomic E-state index is 0.00689. The third kappa shape index (κ3) is 4.92. The van der Waals surface area contributed by atoms with Crippen LogP contribution in [0.15, 0.2) is 53.4 Å². The number of carbonyl (C=O) groups excluding carboxylic acids is 2. The molecule has 1 N–H and O–H groups in total. The molecular weight excluding hydrogens is 483 g/mol. The van der Waals surface area contributed by atoms with Crippen LogP contribution in [0.4, 0.5) is 13.2 Å². The van der Waals surface area contributed by atoms with E-state index in [-0.39, 0.29) is 28.2 Å². The highest BCUT2D eigenvalue weighted by Crippen LogP contribution is 2.50. The summed E-state index contributed by atoms with van der Waals surface area (Å²) in [4.78, 5) is 27.9. The molecule has 0 aromatic heterocycles. The van der Waals surface area contributed by atoms with Gasteiger partial charge in [-0.2, -0.15) is 13.2 Å². The molecule has 2 aliphatic rings. The first-order valence-corrected chi connectivity index (χ1v) is 12.6. The zero-order valence-electron chi connectivity index (χ0n) is 19.4. The van der Waals surface area contributed by atoms with Crippen LogP contribution in [0.2, 0.25) is 0 Å². The van der Waals surface area contributed by atoms with Gasteiger partial charge in [-0.3, -0.25) is 9.59 Å². The van der Waals surface area contributed by atoms with Crippen molar-refractivity contribution in [2.75, 3.05) is 20.6 Å². The van der Waals surface area contributed by atoms with Crippen LogP contribution < -0.4 is 5.32 Å². The first-order valence-electron chi connectivity index (χ1n) is 11.1. The van der Waals surface area contributed by atoms with Crippen molar-refractivity contribution in [2.45, 2.75) is 36.5 Å². The van der Waals surface area contributed by atoms with Crippen molar-refractivity contribution in [2.24, 2.45) is 11.8 Å². The van der Waals surface area contributed by atoms with Gasteiger partial charge in [0.15, 0.2) is 0 Å². The number of hydrogen-bond donors (Lipinski definition) is 1. The van der Waals surface area contributed by atoms with Crippen LogP contribution in [-0.2, 0) is 21.0 Å². The summed E-state index contributed by atoms with van der Waals surface area (Å²) >= 11 is 0. The SMILES string of the molecule is C[C@@H](NC(=O)[C@H]1[C@@H]2C[C@@H]2CN1C(=O)c1cccc(S(=O)(=O)N(C)C)c1)c1ccc(C(F)(F)F)cc1. The Morgan fingerprint density at radius 1 is 1.11 bits per heavy atom. The molecule has 35 heavy (non-hydrogen) atoms. The number of piperidine rings is 1. The van der Waals surface area contributed by atoms with Gasteiger partial charge in [0.05, 0.1) is 16.5 Å². The number of likely N-dealkylation sites (tertiary alicyclic amines) is 1. The van der Waals surface area contributed by atoms with Crippen molar-refractivity contribution < 1.29 is 31.2 Å². The number of benzene rings is 2. The molecule has 0 unspecified atom stereocenters. The van der Waals surface area contributed by atoms with E-state index in [1.54, 1.807) is 6.92 Å². The Balaban J connectivity index is 1.50. The van der Waals surface area contributed by atoms with Crippen molar-refractivity contribution in [3.63, 3.8) is 0 Å². The summed E-state index contributed by atoms with van der Waals surface area (Å²) in [7, 11) is -0.937. The largest absolute Gasteiger partial charge is 0.416 e. The van der Waals surface area contributed by atoms with Gasteiger partial charge in [0.1, 0.15) is 6.04 Å². The van der Waals surface area contributed by atoms with Crippen LogP contribution >= 0.6 is 0 Å². The second kappa shape index (κ2) is 8.94. The van der Waals surface area contributed by atoms with Gasteiger partial charge >= 0.3 is 6.18 Å². The molecular formula is C24H26F3N3O4S. The van der Waals surface area contributed by atoms with Crippen LogP contribution in [-0.4, -0.2) is 56.1 Å². The molecule has 1 saturated heterocycles. The van der Waals surface area contributed by atoms with E-state index in [0.29, 0.717) is 12.1 Å². The Bertz CT molecular complexity index is 1250. The van der Waals surface area contributed by atoms with Crippen molar-refractivity contribution in [3.8, 4) is 0 Å². The van der Waals surface area contributed by atoms with E-state index in [0.717, 1.165) is 22.9 Å². The molecule has 1 aliphatic heterocycles. The van der Waals surface area contributed by atoms with Crippen LogP contribution in [0.3, 0.4) is 0 Å². The predicted molar refractivity (Wildman–Crippen MR) is 122 cm³/mol. The summed E-state index contributed by atoms with van der Waals surface area (Å²) in [5, 5.41) is 2.82. The quantitative estimate of drug-likeness (QED) is 0.648. The van der Waals surface area contributed by atoms with Gasteiger partial charge in [0, 0.05) is 26.2 Å². The van der Waals surface area contributed by atoms with Crippen molar-refractivity contribution in [3.05, 3.63) is 65.2 Å². The van der Waals surface area contributed by atoms with Gasteiger partial charge in [-0.25, -0.2) is 12.7 Å². The maximum Gasteiger partial charge on any atom is 0.416 e. The second-order valence-electron chi connectivity index (χ2n) is 9.23. The zero-order valence-corrected chi connectivity index (χ0v) is 20.2. The Morgan fingerprint density at radius 3 is 2.37 bits per heavy atom. The molecule has 4 rings (SSSR count). The van der Waals surface area contributed by atoms with Gasteiger partial charge in [-0.05, 0) is 61.1 Å². The molecule has 0 radical (unpaired) electrons. The summed E-state index contributed by atoms with van der Waals surface area (Å²) in [5.74, 6) is -0.611. The lowest BCUT2D eigenvalue weighted by molar-refractivity contribution is -0.137. The molecule has 2 aromatic rings. The van der Waals surface area contributed by atoms with E-state index >= 15 is 0 Å². The topological polar surface area (TPSA) is 86.8 Å². The Kier molecular flexibility index (Phi) is 6.43. The number of carbonyl (C=O) groups is 2. The lowest BCUT2D eigenvalue weighted by Crippen LogP contribution is -2.48. The van der Waals surface area contributed by atoms with Gasteiger partial charge in [0.25, 0.3) is 5.91 Å². The van der Waals surface area contributed by atoms with E-state index in [9.17, 15) is 31.2 Å². The van der Waals surface area contributed by atoms with E-state index in [4.69, 9.17) is 0 Å². The van der Waals surface area contributed by atoms with Crippen molar-refractivity contribution in [1.29, 1.82) is 0 Å². The molecule has 1 heterocycles. The number of sulfonamides is 1. The number of nitrogens with zero attached hydrogens (tertiary/aromatic N) is 2. The Labute approximate surface area is 202 Å². The number of alkyl halides is 3. The monoisotopic (exact) mass is 509 g/mol. The minimum atomic E-state index is -4.44. The first kappa shape index (κ1) is 25.2. The molecule has 0 spiro atoms. The summed E-state index contributed by atoms with van der Waals surface area (Å²) < 4.78 is 64.5. The van der Waals surface area contributed by atoms with Crippen molar-refractivity contribution >= 4 is 21.8 Å². The van der Waals surface area contributed by atoms with Gasteiger partial charge < -0.3 is 10.2 Å². The van der Waals surface area contributed by atoms with Crippen LogP contribution in [0.5, 0.6) is 0 Å². The summed E-state index contributed by atoms with van der Waals surface area (Å²) in [6.45, 7) is 2.06. The molecule has 1 aliphatic carbocycles. The average molecular weight is 510 g/mol. The van der Waals surface area contributed by atoms with Crippen LogP contribution in [0.25, 0.3) is 0 Å². The maximum atomic E-state index is 13.3. The second-order valence-corrected chi connectivity index (χ2v) is 11.4. The summed E-state index contributed by atoms with van der Waals surface area (Å²) in [5.41, 5.74) is -0.0920. The number of halogens is 3. The molecule has 4 atom stereocenters. The maximum absolute atomic E-state index is 13.3. The summed E-state index contributed by atoms with van der Waals surface area (Å²) in [6.07, 6.45) is -3.63. The molecule has 11 heteroatoms. The number of rotatable bonds is 6. The van der Waals surface area contributed by atoms with Gasteiger partial charge in [-0.1, -0.05) is 18.2 Å². The average Bonchev–Trinajstić information content (AvgIpc) is 3.46. The highest BCUT2D eigenvalue weighted by molar-refractivity contribution is 7.89. The predicted octanol–water partition coefficient (Wildman–Crippen LogP) is 3.29. The lowest BCUT2D eigenvalue weighted by Gasteiger charge is -2.28. The highest BCUT2D eigenvalue weighted by atomic mass is 32.2. The van der Waals surface area contributed by atoms with Crippen LogP contribution in [0, 0.1) is 11.8 Å². The molecule has 2 fully saturated rings. The van der Waals surface area contributed by atoms with E-state index in [2.05, 4.69) is 5.32 Å². The first-order chi connectivity index (χ1) is 16.3. The minimum Gasteiger partial charge on any atom is -0.348 e. The molecule has 7 nitrogen and oxygen atoms in total. The number of amides is 2. The summed E-state index contributed by atoms with van der Waals surface area (Å²) in [6, 6.07) is 9.01. The van der Waals surface area contributed by atoms with Crippen LogP contribution in [0.1, 0.15) is 40.9 Å². The molecule has 1 saturated carbocycles. The van der Waals surface area contributed by atoms with E-state index in [1.807, 2.05) is 0 Å². The molecule has 188 valence electrons. The highest BCUT2D eigenvalue weighted by Gasteiger charge is 2.57. The van der Waals surface area contributed by atoms with E-state index in [1.165, 1.54) is 55.4 Å². The smallest absolute Gasteiger partial charge is 0.348 e. The fourth-order valence-corrected chi connectivity index (χ4v) is 5.47. The third-order valence-corrected chi connectivity index (χ3v) is 8.45. The molecule has 0 bridgehead atoms. The van der Waals surface area contributed by atoms with Gasteiger partial charge in [0.2, 0.25) is 15.9 Å². The normalized spacial score (nSPS) is 22.6. The fourth-order valence-electron chi connectivity index (χ4n) is 4.52. The number of nitrogens with one attached hydrogen (secondary N) is 1. The lowest BCUT2D eigenvalue weighted by atomic mass is 10.0. The molecule has 2 aromatic carbocycles. The standard InChI is InChI=1S/C24H26F3N3O4S/c1-14(15-7-9-18(10-8-15)24(25,26)27)28-22(31)21-20-12-17(20)13-30(21)23(32)16-5-4-6-19(11-16)35(33,34)29(2)3/h4-11,14,17,20-21H,12-13H2,1-3H3,(H,28,31)/t14-,17-,20-,21-/m1/s1.